The number of aromatic nitrogens is 3. The zero-order valence-corrected chi connectivity index (χ0v) is 16.9. The van der Waals surface area contributed by atoms with Gasteiger partial charge < -0.3 is 14.8 Å². The molecule has 0 unspecified atom stereocenters. The molecule has 0 radical (unpaired) electrons. The molecule has 0 bridgehead atoms. The number of carbonyl (C=O) groups is 1. The van der Waals surface area contributed by atoms with E-state index in [1.54, 1.807) is 11.2 Å². The monoisotopic (exact) mass is 375 g/mol. The molecule has 0 atom stereocenters. The molecule has 2 heterocycles. The molecule has 0 aliphatic carbocycles. The van der Waals surface area contributed by atoms with E-state index in [1.807, 2.05) is 54.1 Å². The number of rotatable bonds is 4. The normalized spacial score (nSPS) is 15.2. The van der Waals surface area contributed by atoms with Crippen LogP contribution in [0.15, 0.2) is 48.8 Å². The Kier molecular flexibility index (Phi) is 4.22. The summed E-state index contributed by atoms with van der Waals surface area (Å²) in [5.41, 5.74) is 4.17. The van der Waals surface area contributed by atoms with Crippen molar-refractivity contribution in [3.05, 3.63) is 59.9 Å². The van der Waals surface area contributed by atoms with E-state index in [2.05, 4.69) is 43.2 Å². The lowest BCUT2D eigenvalue weighted by Gasteiger charge is -2.28. The second-order valence-electron chi connectivity index (χ2n) is 8.01. The fourth-order valence-electron chi connectivity index (χ4n) is 3.72. The summed E-state index contributed by atoms with van der Waals surface area (Å²) in [5, 5.41) is 11.8. The van der Waals surface area contributed by atoms with Gasteiger partial charge in [-0.2, -0.15) is 0 Å². The van der Waals surface area contributed by atoms with Gasteiger partial charge in [-0.15, -0.1) is 10.2 Å². The average molecular weight is 375 g/mol. The summed E-state index contributed by atoms with van der Waals surface area (Å²) in [5.74, 6) is 0.868. The summed E-state index contributed by atoms with van der Waals surface area (Å²) in [6.07, 6.45) is 1.75. The van der Waals surface area contributed by atoms with Gasteiger partial charge in [0.25, 0.3) is 5.91 Å². The van der Waals surface area contributed by atoms with Crippen molar-refractivity contribution in [3.8, 4) is 11.4 Å². The molecule has 1 aliphatic heterocycles. The lowest BCUT2D eigenvalue weighted by Crippen LogP contribution is -2.35. The van der Waals surface area contributed by atoms with Crippen molar-refractivity contribution in [2.45, 2.75) is 39.3 Å². The Hall–Kier alpha value is -3.15. The van der Waals surface area contributed by atoms with E-state index in [0.29, 0.717) is 0 Å². The van der Waals surface area contributed by atoms with Crippen molar-refractivity contribution >= 4 is 17.3 Å². The maximum atomic E-state index is 12.9. The number of nitrogens with one attached hydrogen (secondary N) is 1. The molecule has 3 aromatic rings. The molecule has 0 saturated heterocycles. The van der Waals surface area contributed by atoms with Crippen LogP contribution in [0, 0.1) is 0 Å². The highest BCUT2D eigenvalue weighted by Crippen LogP contribution is 2.41. The van der Waals surface area contributed by atoms with Gasteiger partial charge in [0.2, 0.25) is 0 Å². The zero-order valence-electron chi connectivity index (χ0n) is 16.9. The highest BCUT2D eigenvalue weighted by molar-refractivity contribution is 6.05. The standard InChI is InChI=1S/C22H25N5O/c1-14(2)27-13-23-25-20(27)15-8-6-9-16(12-15)24-18-11-7-10-17-19(18)21(28)26(5)22(17,3)4/h6-14,24H,1-5H3. The van der Waals surface area contributed by atoms with Crippen LogP contribution in [0.25, 0.3) is 11.4 Å². The van der Waals surface area contributed by atoms with Crippen LogP contribution in [-0.2, 0) is 5.54 Å². The molecular weight excluding hydrogens is 350 g/mol. The highest BCUT2D eigenvalue weighted by Gasteiger charge is 2.41. The predicted molar refractivity (Wildman–Crippen MR) is 111 cm³/mol. The number of carbonyl (C=O) groups excluding carboxylic acids is 1. The summed E-state index contributed by atoms with van der Waals surface area (Å²) in [7, 11) is 1.85. The molecule has 28 heavy (non-hydrogen) atoms. The van der Waals surface area contributed by atoms with Gasteiger partial charge in [0.1, 0.15) is 6.33 Å². The Morgan fingerprint density at radius 3 is 2.61 bits per heavy atom. The van der Waals surface area contributed by atoms with Gasteiger partial charge in [0.05, 0.1) is 16.8 Å². The molecule has 1 N–H and O–H groups in total. The molecule has 4 rings (SSSR count). The maximum Gasteiger partial charge on any atom is 0.256 e. The molecule has 0 saturated carbocycles. The molecule has 1 aliphatic rings. The molecule has 0 fully saturated rings. The van der Waals surface area contributed by atoms with Gasteiger partial charge in [-0.25, -0.2) is 0 Å². The third kappa shape index (κ3) is 2.76. The summed E-state index contributed by atoms with van der Waals surface area (Å²) in [6, 6.07) is 14.3. The number of fused-ring (bicyclic) bond motifs is 1. The van der Waals surface area contributed by atoms with Gasteiger partial charge in [-0.3, -0.25) is 4.79 Å². The Morgan fingerprint density at radius 1 is 1.11 bits per heavy atom. The Morgan fingerprint density at radius 2 is 1.86 bits per heavy atom. The fraction of sp³-hybridized carbons (Fsp3) is 0.318. The lowest BCUT2D eigenvalue weighted by atomic mass is 9.93. The first-order valence-corrected chi connectivity index (χ1v) is 9.49. The predicted octanol–water partition coefficient (Wildman–Crippen LogP) is 4.59. The fourth-order valence-corrected chi connectivity index (χ4v) is 3.72. The summed E-state index contributed by atoms with van der Waals surface area (Å²) in [6.45, 7) is 8.35. The Balaban J connectivity index is 1.72. The number of anilines is 2. The summed E-state index contributed by atoms with van der Waals surface area (Å²) < 4.78 is 2.04. The second-order valence-corrected chi connectivity index (χ2v) is 8.01. The van der Waals surface area contributed by atoms with Crippen molar-refractivity contribution in [2.75, 3.05) is 12.4 Å². The van der Waals surface area contributed by atoms with Crippen molar-refractivity contribution < 1.29 is 4.79 Å². The van der Waals surface area contributed by atoms with E-state index in [9.17, 15) is 4.79 Å². The smallest absolute Gasteiger partial charge is 0.256 e. The summed E-state index contributed by atoms with van der Waals surface area (Å²) in [4.78, 5) is 14.7. The number of hydrogen-bond acceptors (Lipinski definition) is 4. The molecule has 6 heteroatoms. The third-order valence-corrected chi connectivity index (χ3v) is 5.61. The number of hydrogen-bond donors (Lipinski definition) is 1. The molecule has 144 valence electrons. The van der Waals surface area contributed by atoms with Crippen LogP contribution in [0.2, 0.25) is 0 Å². The first-order chi connectivity index (χ1) is 13.3. The van der Waals surface area contributed by atoms with Crippen molar-refractivity contribution in [1.29, 1.82) is 0 Å². The quantitative estimate of drug-likeness (QED) is 0.724. The SMILES string of the molecule is CC(C)n1cnnc1-c1cccc(Nc2cccc3c2C(=O)N(C)C3(C)C)c1. The largest absolute Gasteiger partial charge is 0.355 e. The lowest BCUT2D eigenvalue weighted by molar-refractivity contribution is 0.0692. The molecule has 1 aromatic heterocycles. The minimum atomic E-state index is -0.320. The van der Waals surface area contributed by atoms with E-state index in [-0.39, 0.29) is 17.5 Å². The van der Waals surface area contributed by atoms with E-state index in [4.69, 9.17) is 0 Å². The van der Waals surface area contributed by atoms with Crippen LogP contribution >= 0.6 is 0 Å². The molecule has 6 nitrogen and oxygen atoms in total. The van der Waals surface area contributed by atoms with E-state index < -0.39 is 0 Å². The maximum absolute atomic E-state index is 12.9. The number of nitrogens with zero attached hydrogens (tertiary/aromatic N) is 4. The van der Waals surface area contributed by atoms with E-state index >= 15 is 0 Å². The van der Waals surface area contributed by atoms with Crippen LogP contribution in [0.3, 0.4) is 0 Å². The van der Waals surface area contributed by atoms with E-state index in [0.717, 1.165) is 33.9 Å². The second kappa shape index (κ2) is 6.48. The topological polar surface area (TPSA) is 63.1 Å². The van der Waals surface area contributed by atoms with E-state index in [1.165, 1.54) is 0 Å². The average Bonchev–Trinajstić information content (AvgIpc) is 3.22. The zero-order chi connectivity index (χ0) is 20.1. The third-order valence-electron chi connectivity index (χ3n) is 5.61. The highest BCUT2D eigenvalue weighted by atomic mass is 16.2. The van der Waals surface area contributed by atoms with Crippen LogP contribution < -0.4 is 5.32 Å². The van der Waals surface area contributed by atoms with Gasteiger partial charge in [0.15, 0.2) is 5.82 Å². The number of benzene rings is 2. The van der Waals surface area contributed by atoms with Gasteiger partial charge >= 0.3 is 0 Å². The number of amides is 1. The molecule has 2 aromatic carbocycles. The van der Waals surface area contributed by atoms with Gasteiger partial charge in [-0.05, 0) is 51.5 Å². The van der Waals surface area contributed by atoms with Crippen molar-refractivity contribution in [1.82, 2.24) is 19.7 Å². The van der Waals surface area contributed by atoms with Gasteiger partial charge in [-0.1, -0.05) is 24.3 Å². The summed E-state index contributed by atoms with van der Waals surface area (Å²) >= 11 is 0. The molecule has 0 spiro atoms. The first-order valence-electron chi connectivity index (χ1n) is 9.49. The molecule has 1 amide bonds. The minimum Gasteiger partial charge on any atom is -0.355 e. The Labute approximate surface area is 165 Å². The van der Waals surface area contributed by atoms with Crippen LogP contribution in [0.5, 0.6) is 0 Å². The van der Waals surface area contributed by atoms with Crippen LogP contribution in [-0.4, -0.2) is 32.6 Å². The first kappa shape index (κ1) is 18.2. The Bertz CT molecular complexity index is 1050. The van der Waals surface area contributed by atoms with Crippen LogP contribution in [0.4, 0.5) is 11.4 Å². The van der Waals surface area contributed by atoms with Crippen molar-refractivity contribution in [2.24, 2.45) is 0 Å². The minimum absolute atomic E-state index is 0.0406. The van der Waals surface area contributed by atoms with Crippen LogP contribution in [0.1, 0.15) is 49.7 Å². The molecular formula is C22H25N5O. The van der Waals surface area contributed by atoms with Gasteiger partial charge in [0, 0.05) is 24.3 Å². The van der Waals surface area contributed by atoms with Crippen molar-refractivity contribution in [3.63, 3.8) is 0 Å².